The van der Waals surface area contributed by atoms with Crippen molar-refractivity contribution in [2.24, 2.45) is 5.73 Å². The lowest BCUT2D eigenvalue weighted by molar-refractivity contribution is -0.192. The van der Waals surface area contributed by atoms with E-state index in [0.717, 1.165) is 66.8 Å². The van der Waals surface area contributed by atoms with Crippen molar-refractivity contribution in [2.75, 3.05) is 0 Å². The number of carbonyl (C=O) groups is 2. The fourth-order valence-electron chi connectivity index (χ4n) is 5.58. The van der Waals surface area contributed by atoms with Gasteiger partial charge in [0.05, 0.1) is 11.6 Å². The number of H-pyrrole nitrogens is 2. The van der Waals surface area contributed by atoms with Crippen molar-refractivity contribution < 1.29 is 27.9 Å². The molecule has 0 saturated carbocycles. The van der Waals surface area contributed by atoms with Crippen molar-refractivity contribution in [3.8, 4) is 0 Å². The van der Waals surface area contributed by atoms with Crippen LogP contribution in [-0.4, -0.2) is 53.4 Å². The maximum atomic E-state index is 13.2. The highest BCUT2D eigenvalue weighted by Crippen LogP contribution is 2.26. The second-order valence-corrected chi connectivity index (χ2v) is 12.5. The lowest BCUT2D eigenvalue weighted by Crippen LogP contribution is -2.50. The van der Waals surface area contributed by atoms with Crippen LogP contribution in [0.1, 0.15) is 81.7 Å². The van der Waals surface area contributed by atoms with Crippen LogP contribution in [0.25, 0.3) is 21.8 Å². The van der Waals surface area contributed by atoms with Crippen LogP contribution in [0.2, 0.25) is 0 Å². The second kappa shape index (κ2) is 16.0. The van der Waals surface area contributed by atoms with Crippen molar-refractivity contribution >= 4 is 33.7 Å². The van der Waals surface area contributed by atoms with E-state index in [9.17, 15) is 18.0 Å². The van der Waals surface area contributed by atoms with Crippen LogP contribution in [-0.2, 0) is 35.4 Å². The van der Waals surface area contributed by atoms with Crippen LogP contribution in [0.15, 0.2) is 60.9 Å². The summed E-state index contributed by atoms with van der Waals surface area (Å²) in [6.45, 7) is 6.52. The van der Waals surface area contributed by atoms with Crippen molar-refractivity contribution in [3.05, 3.63) is 83.7 Å². The van der Waals surface area contributed by atoms with Gasteiger partial charge in [0, 0.05) is 53.6 Å². The van der Waals surface area contributed by atoms with Crippen LogP contribution in [0, 0.1) is 0 Å². The molecule has 0 unspecified atom stereocenters. The van der Waals surface area contributed by atoms with E-state index in [1.165, 1.54) is 29.3 Å². The Morgan fingerprint density at radius 2 is 1.48 bits per heavy atom. The van der Waals surface area contributed by atoms with E-state index in [-0.39, 0.29) is 11.9 Å². The molecular weight excluding hydrogens is 623 g/mol. The molecule has 10 nitrogen and oxygen atoms in total. The number of nitrogens with zero attached hydrogens (tertiary/aromatic N) is 3. The number of alkyl halides is 3. The fourth-order valence-corrected chi connectivity index (χ4v) is 5.58. The third-order valence-corrected chi connectivity index (χ3v) is 8.16. The van der Waals surface area contributed by atoms with E-state index >= 15 is 0 Å². The smallest absolute Gasteiger partial charge is 0.475 e. The van der Waals surface area contributed by atoms with E-state index in [1.807, 2.05) is 18.3 Å². The van der Waals surface area contributed by atoms with Gasteiger partial charge in [-0.15, -0.1) is 10.2 Å². The number of halogens is 3. The predicted molar refractivity (Wildman–Crippen MR) is 179 cm³/mol. The average molecular weight is 668 g/mol. The summed E-state index contributed by atoms with van der Waals surface area (Å²) in [5.41, 5.74) is 9.90. The summed E-state index contributed by atoms with van der Waals surface area (Å²) in [5.74, 6) is -1.19. The Balaban J connectivity index is 0.000000671. The van der Waals surface area contributed by atoms with Gasteiger partial charge in [0.15, 0.2) is 5.82 Å². The molecule has 3 heterocycles. The zero-order valence-corrected chi connectivity index (χ0v) is 27.5. The first-order valence-corrected chi connectivity index (χ1v) is 16.2. The van der Waals surface area contributed by atoms with Crippen molar-refractivity contribution in [2.45, 2.75) is 96.4 Å². The molecule has 13 heteroatoms. The minimum Gasteiger partial charge on any atom is -0.475 e. The van der Waals surface area contributed by atoms with Crippen LogP contribution < -0.4 is 11.1 Å². The quantitative estimate of drug-likeness (QED) is 0.0824. The Morgan fingerprint density at radius 3 is 2.06 bits per heavy atom. The maximum Gasteiger partial charge on any atom is 0.490 e. The number of benzene rings is 2. The molecule has 5 rings (SSSR count). The molecule has 6 N–H and O–H groups in total. The zero-order valence-electron chi connectivity index (χ0n) is 27.5. The number of rotatable bonds is 14. The van der Waals surface area contributed by atoms with E-state index in [1.54, 1.807) is 13.8 Å². The molecule has 0 bridgehead atoms. The molecule has 5 aromatic rings. The largest absolute Gasteiger partial charge is 0.490 e. The zero-order chi connectivity index (χ0) is 34.9. The number of aliphatic carboxylic acids is 1. The number of hydrogen-bond donors (Lipinski definition) is 5. The number of unbranched alkanes of at least 4 members (excludes halogenated alkanes) is 3. The summed E-state index contributed by atoms with van der Waals surface area (Å²) < 4.78 is 34.0. The monoisotopic (exact) mass is 667 g/mol. The van der Waals surface area contributed by atoms with Gasteiger partial charge >= 0.3 is 12.1 Å². The van der Waals surface area contributed by atoms with E-state index in [0.29, 0.717) is 6.42 Å². The summed E-state index contributed by atoms with van der Waals surface area (Å²) in [6.07, 6.45) is 6.96. The van der Waals surface area contributed by atoms with Crippen LogP contribution in [0.5, 0.6) is 0 Å². The van der Waals surface area contributed by atoms with Gasteiger partial charge in [-0.3, -0.25) is 4.79 Å². The van der Waals surface area contributed by atoms with Gasteiger partial charge in [0.25, 0.3) is 0 Å². The molecule has 0 aliphatic heterocycles. The summed E-state index contributed by atoms with van der Waals surface area (Å²) in [4.78, 5) is 28.8. The third-order valence-electron chi connectivity index (χ3n) is 8.16. The third kappa shape index (κ3) is 9.46. The number of fused-ring (bicyclic) bond motifs is 2. The maximum absolute atomic E-state index is 13.2. The minimum absolute atomic E-state index is 0.205. The van der Waals surface area contributed by atoms with Gasteiger partial charge in [-0.05, 0) is 56.4 Å². The van der Waals surface area contributed by atoms with E-state index < -0.39 is 17.7 Å². The summed E-state index contributed by atoms with van der Waals surface area (Å²) in [6, 6.07) is 16.3. The predicted octanol–water partition coefficient (Wildman–Crippen LogP) is 6.77. The molecule has 0 aliphatic carbocycles. The van der Waals surface area contributed by atoms with Crippen LogP contribution in [0.3, 0.4) is 0 Å². The highest BCUT2D eigenvalue weighted by Gasteiger charge is 2.38. The molecule has 1 amide bonds. The SMILES string of the molecule is CCCCCCn1c(CCCc2c[nH]c3ccccc23)nnc1[C@@H](Cc1c[nH]c2ccccc12)NC(=O)C(C)(C)N.O=C(O)C(F)(F)F. The molecule has 0 saturated heterocycles. The Bertz CT molecular complexity index is 1800. The van der Waals surface area contributed by atoms with Crippen LogP contribution in [0.4, 0.5) is 13.2 Å². The molecule has 258 valence electrons. The number of nitrogens with one attached hydrogen (secondary N) is 3. The van der Waals surface area contributed by atoms with E-state index in [4.69, 9.17) is 25.8 Å². The molecule has 3 aromatic heterocycles. The average Bonchev–Trinajstić information content (AvgIpc) is 3.76. The Hall–Kier alpha value is -4.65. The normalized spacial score (nSPS) is 12.6. The van der Waals surface area contributed by atoms with Crippen molar-refractivity contribution in [1.29, 1.82) is 0 Å². The molecule has 1 atom stereocenters. The molecular formula is C35H44F3N7O3. The van der Waals surface area contributed by atoms with Gasteiger partial charge in [0.1, 0.15) is 5.82 Å². The van der Waals surface area contributed by atoms with Gasteiger partial charge in [-0.2, -0.15) is 13.2 Å². The molecule has 0 radical (unpaired) electrons. The molecule has 0 fully saturated rings. The van der Waals surface area contributed by atoms with Gasteiger partial charge in [-0.1, -0.05) is 62.6 Å². The van der Waals surface area contributed by atoms with Crippen molar-refractivity contribution in [3.63, 3.8) is 0 Å². The lowest BCUT2D eigenvalue weighted by atomic mass is 10.0. The number of hydrogen-bond acceptors (Lipinski definition) is 5. The summed E-state index contributed by atoms with van der Waals surface area (Å²) >= 11 is 0. The number of nitrogens with two attached hydrogens (primary N) is 1. The number of carboxylic acids is 1. The molecule has 48 heavy (non-hydrogen) atoms. The van der Waals surface area contributed by atoms with Gasteiger partial charge in [-0.25, -0.2) is 4.79 Å². The summed E-state index contributed by atoms with van der Waals surface area (Å²) in [7, 11) is 0. The van der Waals surface area contributed by atoms with E-state index in [2.05, 4.69) is 69.4 Å². The Labute approximate surface area is 277 Å². The number of carboxylic acid groups (broad SMARTS) is 1. The lowest BCUT2D eigenvalue weighted by Gasteiger charge is -2.24. The first kappa shape index (κ1) is 36.2. The minimum atomic E-state index is -5.08. The number of aromatic amines is 2. The standard InChI is InChI=1S/C33H43N7O.C2HF3O2/c1-4-5-6-11-19-40-30(18-12-13-23-21-35-27-16-9-7-14-25(23)27)38-39-31(40)29(37-32(41)33(2,3)34)20-24-22-36-28-17-10-8-15-26(24)28;3-2(4,5)1(6)7/h7-10,14-17,21-22,29,35-36H,4-6,11-13,18-20,34H2,1-3H3,(H,37,41);(H,6,7)/t29-;/m1./s1. The number of aromatic nitrogens is 5. The molecule has 0 spiro atoms. The number of para-hydroxylation sites is 2. The Kier molecular flexibility index (Phi) is 12.0. The second-order valence-electron chi connectivity index (χ2n) is 12.5. The van der Waals surface area contributed by atoms with Gasteiger partial charge in [0.2, 0.25) is 5.91 Å². The highest BCUT2D eigenvalue weighted by molar-refractivity contribution is 5.86. The Morgan fingerprint density at radius 1 is 0.896 bits per heavy atom. The van der Waals surface area contributed by atoms with Crippen molar-refractivity contribution in [1.82, 2.24) is 30.0 Å². The first-order chi connectivity index (χ1) is 22.8. The summed E-state index contributed by atoms with van der Waals surface area (Å²) in [5, 5.41) is 22.2. The molecule has 0 aliphatic rings. The van der Waals surface area contributed by atoms with Gasteiger partial charge < -0.3 is 30.7 Å². The number of carbonyl (C=O) groups excluding carboxylic acids is 1. The topological polar surface area (TPSA) is 155 Å². The number of amides is 1. The highest BCUT2D eigenvalue weighted by atomic mass is 19.4. The fraction of sp³-hybridized carbons (Fsp3) is 0.429. The van der Waals surface area contributed by atoms with Crippen LogP contribution >= 0.6 is 0 Å². The number of aryl methyl sites for hydroxylation is 2. The first-order valence-electron chi connectivity index (χ1n) is 16.2. The molecule has 2 aromatic carbocycles.